The summed E-state index contributed by atoms with van der Waals surface area (Å²) in [6.45, 7) is 4.15. The number of ether oxygens (including phenoxy) is 2. The van der Waals surface area contributed by atoms with Crippen LogP contribution in [0.4, 0.5) is 13.2 Å². The van der Waals surface area contributed by atoms with E-state index in [1.165, 1.54) is 0 Å². The molecule has 0 aliphatic carbocycles. The van der Waals surface area contributed by atoms with Gasteiger partial charge in [0, 0.05) is 33.8 Å². The van der Waals surface area contributed by atoms with Crippen molar-refractivity contribution in [2.45, 2.75) is 32.2 Å². The predicted molar refractivity (Wildman–Crippen MR) is 111 cm³/mol. The van der Waals surface area contributed by atoms with E-state index in [0.717, 1.165) is 57.2 Å². The molecule has 1 aromatic rings. The standard InChI is InChI=1S/C21H33F3N4O2/c1-25-20(27-14-18-7-9-28(10-8-18)11-12-29-2)26-13-17-3-5-19(6-4-17)15-30-16-21(22,23)24/h3-6,18H,7-16H2,1-2H3,(H2,25,26,27). The van der Waals surface area contributed by atoms with E-state index in [4.69, 9.17) is 4.74 Å². The fourth-order valence-electron chi connectivity index (χ4n) is 3.32. The Labute approximate surface area is 176 Å². The zero-order valence-corrected chi connectivity index (χ0v) is 17.8. The molecule has 0 bridgehead atoms. The van der Waals surface area contributed by atoms with Gasteiger partial charge in [0.15, 0.2) is 5.96 Å². The first kappa shape index (κ1) is 24.4. The summed E-state index contributed by atoms with van der Waals surface area (Å²) in [5, 5.41) is 6.67. The maximum atomic E-state index is 12.1. The van der Waals surface area contributed by atoms with Crippen LogP contribution in [0.1, 0.15) is 24.0 Å². The van der Waals surface area contributed by atoms with Crippen molar-refractivity contribution in [2.75, 3.05) is 53.6 Å². The minimum absolute atomic E-state index is 0.0548. The molecule has 1 fully saturated rings. The summed E-state index contributed by atoms with van der Waals surface area (Å²) >= 11 is 0. The lowest BCUT2D eigenvalue weighted by Crippen LogP contribution is -2.43. The van der Waals surface area contributed by atoms with Gasteiger partial charge in [0.25, 0.3) is 0 Å². The topological polar surface area (TPSA) is 58.1 Å². The summed E-state index contributed by atoms with van der Waals surface area (Å²) in [7, 11) is 3.47. The van der Waals surface area contributed by atoms with Gasteiger partial charge >= 0.3 is 6.18 Å². The van der Waals surface area contributed by atoms with Crippen molar-refractivity contribution in [1.82, 2.24) is 15.5 Å². The molecule has 1 aliphatic rings. The average molecular weight is 431 g/mol. The number of hydrogen-bond donors (Lipinski definition) is 2. The number of piperidine rings is 1. The van der Waals surface area contributed by atoms with Crippen LogP contribution >= 0.6 is 0 Å². The van der Waals surface area contributed by atoms with Crippen molar-refractivity contribution in [3.8, 4) is 0 Å². The largest absolute Gasteiger partial charge is 0.411 e. The molecule has 0 amide bonds. The molecule has 0 atom stereocenters. The lowest BCUT2D eigenvalue weighted by Gasteiger charge is -2.32. The summed E-state index contributed by atoms with van der Waals surface area (Å²) in [6.07, 6.45) is -1.98. The van der Waals surface area contributed by atoms with Crippen LogP contribution in [-0.2, 0) is 22.6 Å². The number of nitrogens with zero attached hydrogens (tertiary/aromatic N) is 2. The minimum Gasteiger partial charge on any atom is -0.383 e. The van der Waals surface area contributed by atoms with Gasteiger partial charge in [0.1, 0.15) is 6.61 Å². The van der Waals surface area contributed by atoms with Gasteiger partial charge in [-0.1, -0.05) is 24.3 Å². The van der Waals surface area contributed by atoms with E-state index in [2.05, 4.69) is 25.3 Å². The van der Waals surface area contributed by atoms with Crippen LogP contribution < -0.4 is 10.6 Å². The molecule has 6 nitrogen and oxygen atoms in total. The number of likely N-dealkylation sites (tertiary alicyclic amines) is 1. The minimum atomic E-state index is -4.30. The van der Waals surface area contributed by atoms with E-state index in [0.29, 0.717) is 18.0 Å². The highest BCUT2D eigenvalue weighted by atomic mass is 19.4. The van der Waals surface area contributed by atoms with Crippen LogP contribution in [-0.4, -0.2) is 70.6 Å². The maximum absolute atomic E-state index is 12.1. The van der Waals surface area contributed by atoms with Crippen molar-refractivity contribution in [1.29, 1.82) is 0 Å². The number of halogens is 3. The molecular weight excluding hydrogens is 397 g/mol. The van der Waals surface area contributed by atoms with Crippen molar-refractivity contribution in [2.24, 2.45) is 10.9 Å². The van der Waals surface area contributed by atoms with Gasteiger partial charge in [0.05, 0.1) is 13.2 Å². The highest BCUT2D eigenvalue weighted by molar-refractivity contribution is 5.79. The van der Waals surface area contributed by atoms with Crippen LogP contribution in [0.2, 0.25) is 0 Å². The van der Waals surface area contributed by atoms with Crippen LogP contribution in [0.3, 0.4) is 0 Å². The van der Waals surface area contributed by atoms with Crippen LogP contribution in [0.15, 0.2) is 29.3 Å². The Morgan fingerprint density at radius 3 is 2.40 bits per heavy atom. The molecule has 0 spiro atoms. The lowest BCUT2D eigenvalue weighted by molar-refractivity contribution is -0.176. The zero-order valence-electron chi connectivity index (χ0n) is 17.8. The zero-order chi connectivity index (χ0) is 21.8. The first-order valence-electron chi connectivity index (χ1n) is 10.3. The number of rotatable bonds is 10. The number of guanidine groups is 1. The van der Waals surface area contributed by atoms with Crippen molar-refractivity contribution in [3.05, 3.63) is 35.4 Å². The summed E-state index contributed by atoms with van der Waals surface area (Å²) < 4.78 is 46.2. The number of methoxy groups -OCH3 is 1. The Morgan fingerprint density at radius 1 is 1.13 bits per heavy atom. The Hall–Kier alpha value is -1.84. The SMILES string of the molecule is CN=C(NCc1ccc(COCC(F)(F)F)cc1)NCC1CCN(CCOC)CC1. The van der Waals surface area contributed by atoms with Gasteiger partial charge in [-0.05, 0) is 43.0 Å². The molecule has 1 aliphatic heterocycles. The van der Waals surface area contributed by atoms with E-state index in [1.807, 2.05) is 12.1 Å². The molecule has 170 valence electrons. The molecule has 0 aromatic heterocycles. The highest BCUT2D eigenvalue weighted by Gasteiger charge is 2.27. The molecule has 2 rings (SSSR count). The third kappa shape index (κ3) is 9.77. The number of alkyl halides is 3. The fraction of sp³-hybridized carbons (Fsp3) is 0.667. The van der Waals surface area contributed by atoms with Crippen LogP contribution in [0.25, 0.3) is 0 Å². The van der Waals surface area contributed by atoms with Gasteiger partial charge in [-0.2, -0.15) is 13.2 Å². The van der Waals surface area contributed by atoms with E-state index in [-0.39, 0.29) is 6.61 Å². The molecule has 1 aromatic carbocycles. The third-order valence-corrected chi connectivity index (χ3v) is 5.12. The van der Waals surface area contributed by atoms with E-state index < -0.39 is 12.8 Å². The van der Waals surface area contributed by atoms with Gasteiger partial charge in [-0.15, -0.1) is 0 Å². The number of aliphatic imine (C=N–C) groups is 1. The second-order valence-electron chi connectivity index (χ2n) is 7.51. The Morgan fingerprint density at radius 2 is 1.80 bits per heavy atom. The Bertz CT molecular complexity index is 630. The molecule has 0 saturated carbocycles. The number of hydrogen-bond acceptors (Lipinski definition) is 4. The van der Waals surface area contributed by atoms with Crippen molar-refractivity contribution < 1.29 is 22.6 Å². The molecule has 9 heteroatoms. The molecular formula is C21H33F3N4O2. The quantitative estimate of drug-likeness (QED) is 0.442. The normalized spacial score (nSPS) is 16.6. The average Bonchev–Trinajstić information content (AvgIpc) is 2.73. The summed E-state index contributed by atoms with van der Waals surface area (Å²) in [5.41, 5.74) is 1.73. The van der Waals surface area contributed by atoms with Crippen LogP contribution in [0.5, 0.6) is 0 Å². The van der Waals surface area contributed by atoms with Crippen molar-refractivity contribution >= 4 is 5.96 Å². The first-order valence-corrected chi connectivity index (χ1v) is 10.3. The first-order chi connectivity index (χ1) is 14.4. The summed E-state index contributed by atoms with van der Waals surface area (Å²) in [6, 6.07) is 7.31. The maximum Gasteiger partial charge on any atom is 0.411 e. The van der Waals surface area contributed by atoms with E-state index in [9.17, 15) is 13.2 Å². The van der Waals surface area contributed by atoms with Gasteiger partial charge in [-0.3, -0.25) is 4.99 Å². The molecule has 30 heavy (non-hydrogen) atoms. The fourth-order valence-corrected chi connectivity index (χ4v) is 3.32. The lowest BCUT2D eigenvalue weighted by atomic mass is 9.97. The Kier molecular flexibility index (Phi) is 10.4. The molecule has 2 N–H and O–H groups in total. The summed E-state index contributed by atoms with van der Waals surface area (Å²) in [5.74, 6) is 1.37. The Balaban J connectivity index is 1.65. The van der Waals surface area contributed by atoms with Gasteiger partial charge < -0.3 is 25.0 Å². The van der Waals surface area contributed by atoms with E-state index in [1.54, 1.807) is 26.3 Å². The highest BCUT2D eigenvalue weighted by Crippen LogP contribution is 2.17. The number of benzene rings is 1. The predicted octanol–water partition coefficient (Wildman–Crippen LogP) is 2.79. The number of nitrogens with one attached hydrogen (secondary N) is 2. The smallest absolute Gasteiger partial charge is 0.383 e. The van der Waals surface area contributed by atoms with Gasteiger partial charge in [0.2, 0.25) is 0 Å². The van der Waals surface area contributed by atoms with Crippen molar-refractivity contribution in [3.63, 3.8) is 0 Å². The molecule has 1 saturated heterocycles. The van der Waals surface area contributed by atoms with Gasteiger partial charge in [-0.25, -0.2) is 0 Å². The molecule has 0 unspecified atom stereocenters. The third-order valence-electron chi connectivity index (χ3n) is 5.12. The monoisotopic (exact) mass is 430 g/mol. The van der Waals surface area contributed by atoms with Crippen LogP contribution in [0, 0.1) is 5.92 Å². The molecule has 0 radical (unpaired) electrons. The van der Waals surface area contributed by atoms with E-state index >= 15 is 0 Å². The second-order valence-corrected chi connectivity index (χ2v) is 7.51. The molecule has 1 heterocycles. The summed E-state index contributed by atoms with van der Waals surface area (Å²) in [4.78, 5) is 6.70. The second kappa shape index (κ2) is 12.8.